The van der Waals surface area contributed by atoms with Crippen molar-refractivity contribution in [1.82, 2.24) is 0 Å². The SMILES string of the molecule is CCCC(O)(O)O.CCCCCCCC(=O)O. The van der Waals surface area contributed by atoms with Crippen molar-refractivity contribution in [1.29, 1.82) is 0 Å². The smallest absolute Gasteiger partial charge is 0.303 e. The Morgan fingerprint density at radius 1 is 0.941 bits per heavy atom. The Morgan fingerprint density at radius 2 is 1.47 bits per heavy atom. The summed E-state index contributed by atoms with van der Waals surface area (Å²) in [7, 11) is 0. The molecule has 104 valence electrons. The van der Waals surface area contributed by atoms with E-state index in [0.717, 1.165) is 12.8 Å². The zero-order valence-corrected chi connectivity index (χ0v) is 10.9. The van der Waals surface area contributed by atoms with E-state index in [9.17, 15) is 4.79 Å². The number of unbranched alkanes of at least 4 members (excludes halogenated alkanes) is 4. The lowest BCUT2D eigenvalue weighted by Crippen LogP contribution is -2.26. The third kappa shape index (κ3) is 25.5. The number of carboxylic acids is 1. The summed E-state index contributed by atoms with van der Waals surface area (Å²) >= 11 is 0. The Labute approximate surface area is 103 Å². The van der Waals surface area contributed by atoms with Crippen molar-refractivity contribution in [3.05, 3.63) is 0 Å². The zero-order valence-electron chi connectivity index (χ0n) is 10.9. The van der Waals surface area contributed by atoms with Crippen LogP contribution in [0.1, 0.15) is 65.2 Å². The van der Waals surface area contributed by atoms with Crippen LogP contribution < -0.4 is 0 Å². The Morgan fingerprint density at radius 3 is 1.76 bits per heavy atom. The van der Waals surface area contributed by atoms with Gasteiger partial charge in [0.2, 0.25) is 0 Å². The monoisotopic (exact) mass is 250 g/mol. The predicted molar refractivity (Wildman–Crippen MR) is 65.3 cm³/mol. The fraction of sp³-hybridized carbons (Fsp3) is 0.917. The number of hydrogen-bond acceptors (Lipinski definition) is 4. The van der Waals surface area contributed by atoms with Crippen LogP contribution in [-0.2, 0) is 4.79 Å². The van der Waals surface area contributed by atoms with Gasteiger partial charge in [0, 0.05) is 12.8 Å². The highest BCUT2D eigenvalue weighted by atomic mass is 16.7. The van der Waals surface area contributed by atoms with Gasteiger partial charge in [-0.25, -0.2) is 0 Å². The van der Waals surface area contributed by atoms with Crippen molar-refractivity contribution in [2.75, 3.05) is 0 Å². The van der Waals surface area contributed by atoms with Crippen LogP contribution in [0.3, 0.4) is 0 Å². The molecule has 0 heterocycles. The molecule has 0 aromatic rings. The van der Waals surface area contributed by atoms with E-state index in [1.54, 1.807) is 6.92 Å². The largest absolute Gasteiger partial charge is 0.481 e. The van der Waals surface area contributed by atoms with Crippen molar-refractivity contribution in [2.24, 2.45) is 0 Å². The maximum absolute atomic E-state index is 10.0. The van der Waals surface area contributed by atoms with Crippen LogP contribution in [0.4, 0.5) is 0 Å². The molecule has 0 aliphatic heterocycles. The van der Waals surface area contributed by atoms with E-state index in [2.05, 4.69) is 6.92 Å². The molecule has 17 heavy (non-hydrogen) atoms. The Balaban J connectivity index is 0. The standard InChI is InChI=1S/C8H16O2.C4H10O3/c1-2-3-4-5-6-7-8(9)10;1-2-3-4(5,6)7/h2-7H2,1H3,(H,9,10);5-7H,2-3H2,1H3. The van der Waals surface area contributed by atoms with Gasteiger partial charge in [0.15, 0.2) is 0 Å². The van der Waals surface area contributed by atoms with Gasteiger partial charge in [-0.1, -0.05) is 39.5 Å². The average Bonchev–Trinajstić information content (AvgIpc) is 2.16. The molecule has 0 aromatic heterocycles. The van der Waals surface area contributed by atoms with E-state index in [4.69, 9.17) is 20.4 Å². The minimum Gasteiger partial charge on any atom is -0.481 e. The van der Waals surface area contributed by atoms with Gasteiger partial charge in [-0.2, -0.15) is 0 Å². The van der Waals surface area contributed by atoms with Gasteiger partial charge in [0.1, 0.15) is 0 Å². The second kappa shape index (κ2) is 11.8. The normalized spacial score (nSPS) is 10.6. The number of hydrogen-bond donors (Lipinski definition) is 4. The lowest BCUT2D eigenvalue weighted by atomic mass is 10.1. The minimum atomic E-state index is -2.45. The van der Waals surface area contributed by atoms with Gasteiger partial charge in [-0.15, -0.1) is 0 Å². The molecule has 0 atom stereocenters. The highest BCUT2D eigenvalue weighted by Gasteiger charge is 2.14. The van der Waals surface area contributed by atoms with Gasteiger partial charge in [0.05, 0.1) is 0 Å². The highest BCUT2D eigenvalue weighted by molar-refractivity contribution is 5.66. The Bertz CT molecular complexity index is 174. The van der Waals surface area contributed by atoms with Crippen molar-refractivity contribution in [2.45, 2.75) is 71.2 Å². The number of rotatable bonds is 8. The minimum absolute atomic E-state index is 0.00694. The molecule has 0 aromatic carbocycles. The van der Waals surface area contributed by atoms with Crippen molar-refractivity contribution in [3.63, 3.8) is 0 Å². The summed E-state index contributed by atoms with van der Waals surface area (Å²) in [5.74, 6) is -3.12. The first-order valence-electron chi connectivity index (χ1n) is 6.22. The van der Waals surface area contributed by atoms with Gasteiger partial charge in [-0.05, 0) is 12.8 Å². The topological polar surface area (TPSA) is 98.0 Å². The predicted octanol–water partition coefficient (Wildman–Crippen LogP) is 1.85. The van der Waals surface area contributed by atoms with Gasteiger partial charge in [-0.3, -0.25) is 4.79 Å². The molecular weight excluding hydrogens is 224 g/mol. The Kier molecular flexibility index (Phi) is 13.0. The van der Waals surface area contributed by atoms with Crippen LogP contribution in [-0.4, -0.2) is 32.4 Å². The van der Waals surface area contributed by atoms with Crippen molar-refractivity contribution in [3.8, 4) is 0 Å². The molecule has 0 amide bonds. The van der Waals surface area contributed by atoms with Crippen LogP contribution in [0.15, 0.2) is 0 Å². The number of carbonyl (C=O) groups is 1. The average molecular weight is 250 g/mol. The van der Waals surface area contributed by atoms with Crippen molar-refractivity contribution < 1.29 is 25.2 Å². The summed E-state index contributed by atoms with van der Waals surface area (Å²) in [4.78, 5) is 10.0. The van der Waals surface area contributed by atoms with Crippen LogP contribution in [0, 0.1) is 0 Å². The third-order valence-electron chi connectivity index (χ3n) is 2.08. The summed E-state index contributed by atoms with van der Waals surface area (Å²) in [5.41, 5.74) is 0. The maximum atomic E-state index is 10.0. The molecule has 0 aliphatic carbocycles. The third-order valence-corrected chi connectivity index (χ3v) is 2.08. The Hall–Kier alpha value is -0.650. The molecule has 0 bridgehead atoms. The van der Waals surface area contributed by atoms with Gasteiger partial charge in [0.25, 0.3) is 5.97 Å². The summed E-state index contributed by atoms with van der Waals surface area (Å²) < 4.78 is 0. The second-order valence-electron chi connectivity index (χ2n) is 4.08. The number of aliphatic hydroxyl groups is 3. The number of carboxylic acid groups (broad SMARTS) is 1. The van der Waals surface area contributed by atoms with E-state index < -0.39 is 11.9 Å². The van der Waals surface area contributed by atoms with E-state index >= 15 is 0 Å². The summed E-state index contributed by atoms with van der Waals surface area (Å²) in [5, 5.41) is 32.7. The molecule has 0 spiro atoms. The molecule has 0 unspecified atom stereocenters. The molecule has 5 heteroatoms. The highest BCUT2D eigenvalue weighted by Crippen LogP contribution is 2.04. The molecule has 0 fully saturated rings. The summed E-state index contributed by atoms with van der Waals surface area (Å²) in [6.45, 7) is 3.90. The lowest BCUT2D eigenvalue weighted by molar-refractivity contribution is -0.314. The second-order valence-corrected chi connectivity index (χ2v) is 4.08. The first-order chi connectivity index (χ1) is 7.83. The molecule has 0 radical (unpaired) electrons. The fourth-order valence-corrected chi connectivity index (χ4v) is 1.22. The molecule has 4 N–H and O–H groups in total. The summed E-state index contributed by atoms with van der Waals surface area (Å²) in [6, 6.07) is 0. The van der Waals surface area contributed by atoms with E-state index in [1.165, 1.54) is 19.3 Å². The molecule has 0 aliphatic rings. The van der Waals surface area contributed by atoms with E-state index in [1.807, 2.05) is 0 Å². The molecule has 0 rings (SSSR count). The van der Waals surface area contributed by atoms with Crippen LogP contribution >= 0.6 is 0 Å². The van der Waals surface area contributed by atoms with Gasteiger partial charge < -0.3 is 20.4 Å². The van der Waals surface area contributed by atoms with Crippen molar-refractivity contribution >= 4 is 5.97 Å². The molecule has 5 nitrogen and oxygen atoms in total. The first kappa shape index (κ1) is 18.7. The lowest BCUT2D eigenvalue weighted by Gasteiger charge is -2.10. The van der Waals surface area contributed by atoms with Gasteiger partial charge >= 0.3 is 5.97 Å². The first-order valence-corrected chi connectivity index (χ1v) is 6.22. The maximum Gasteiger partial charge on any atom is 0.303 e. The fourth-order valence-electron chi connectivity index (χ4n) is 1.22. The van der Waals surface area contributed by atoms with Crippen LogP contribution in [0.2, 0.25) is 0 Å². The molecule has 0 saturated heterocycles. The van der Waals surface area contributed by atoms with E-state index in [-0.39, 0.29) is 6.42 Å². The van der Waals surface area contributed by atoms with Crippen LogP contribution in [0.25, 0.3) is 0 Å². The zero-order chi connectivity index (χ0) is 13.7. The molecular formula is C12H26O5. The number of aliphatic carboxylic acids is 1. The van der Waals surface area contributed by atoms with Crippen LogP contribution in [0.5, 0.6) is 0 Å². The quantitative estimate of drug-likeness (QED) is 0.389. The van der Waals surface area contributed by atoms with E-state index in [0.29, 0.717) is 12.8 Å². The summed E-state index contributed by atoms with van der Waals surface area (Å²) in [6.07, 6.45) is 6.45. The molecule has 0 saturated carbocycles.